The molecular formula is C22H30O5. The van der Waals surface area contributed by atoms with Crippen molar-refractivity contribution in [3.63, 3.8) is 0 Å². The monoisotopic (exact) mass is 374 g/mol. The van der Waals surface area contributed by atoms with Crippen LogP contribution in [0.2, 0.25) is 0 Å². The van der Waals surface area contributed by atoms with E-state index in [1.807, 2.05) is 0 Å². The number of fused-ring (bicyclic) bond motifs is 2. The van der Waals surface area contributed by atoms with Gasteiger partial charge in [0.25, 0.3) is 0 Å². The highest BCUT2D eigenvalue weighted by Gasteiger charge is 2.66. The quantitative estimate of drug-likeness (QED) is 0.694. The topological polar surface area (TPSA) is 69.7 Å². The lowest BCUT2D eigenvalue weighted by atomic mass is 9.66. The van der Waals surface area contributed by atoms with Gasteiger partial charge < -0.3 is 9.47 Å². The van der Waals surface area contributed by atoms with Gasteiger partial charge in [-0.25, -0.2) is 0 Å². The molecular weight excluding hydrogens is 344 g/mol. The lowest BCUT2D eigenvalue weighted by Gasteiger charge is -2.39. The molecule has 0 unspecified atom stereocenters. The van der Waals surface area contributed by atoms with E-state index >= 15 is 0 Å². The number of carbonyl (C=O) groups is 3. The van der Waals surface area contributed by atoms with Crippen molar-refractivity contribution >= 4 is 17.5 Å². The van der Waals surface area contributed by atoms with Crippen molar-refractivity contribution in [1.82, 2.24) is 0 Å². The van der Waals surface area contributed by atoms with Gasteiger partial charge in [0, 0.05) is 24.8 Å². The number of ether oxygens (including phenoxy) is 2. The highest BCUT2D eigenvalue weighted by molar-refractivity contribution is 5.99. The second kappa shape index (κ2) is 6.00. The molecule has 2 fully saturated rings. The lowest BCUT2D eigenvalue weighted by Crippen LogP contribution is -2.40. The zero-order valence-electron chi connectivity index (χ0n) is 17.0. The molecule has 0 amide bonds. The zero-order valence-corrected chi connectivity index (χ0v) is 17.0. The van der Waals surface area contributed by atoms with Crippen LogP contribution in [0.4, 0.5) is 0 Å². The molecule has 5 nitrogen and oxygen atoms in total. The highest BCUT2D eigenvalue weighted by Crippen LogP contribution is 2.63. The summed E-state index contributed by atoms with van der Waals surface area (Å²) in [5.41, 5.74) is 1.51. The van der Waals surface area contributed by atoms with Gasteiger partial charge in [-0.15, -0.1) is 0 Å². The average molecular weight is 374 g/mol. The van der Waals surface area contributed by atoms with Crippen molar-refractivity contribution in [1.29, 1.82) is 0 Å². The van der Waals surface area contributed by atoms with Crippen LogP contribution in [0.1, 0.15) is 60.3 Å². The van der Waals surface area contributed by atoms with Crippen LogP contribution in [0, 0.1) is 28.6 Å². The Kier molecular flexibility index (Phi) is 4.19. The van der Waals surface area contributed by atoms with Gasteiger partial charge in [-0.2, -0.15) is 0 Å². The lowest BCUT2D eigenvalue weighted by molar-refractivity contribution is -0.155. The molecule has 4 aliphatic rings. The third-order valence-electron chi connectivity index (χ3n) is 7.82. The first-order valence-corrected chi connectivity index (χ1v) is 10.2. The van der Waals surface area contributed by atoms with Gasteiger partial charge in [0.1, 0.15) is 0 Å². The summed E-state index contributed by atoms with van der Waals surface area (Å²) in [7, 11) is 0. The summed E-state index contributed by atoms with van der Waals surface area (Å²) in [4.78, 5) is 37.7. The Morgan fingerprint density at radius 1 is 1.19 bits per heavy atom. The largest absolute Gasteiger partial charge is 0.454 e. The van der Waals surface area contributed by atoms with Gasteiger partial charge >= 0.3 is 5.97 Å². The molecule has 0 bridgehead atoms. The summed E-state index contributed by atoms with van der Waals surface area (Å²) in [6.07, 6.45) is 2.16. The van der Waals surface area contributed by atoms with Gasteiger partial charge in [-0.3, -0.25) is 14.4 Å². The second-order valence-corrected chi connectivity index (χ2v) is 9.79. The minimum atomic E-state index is -0.714. The number of carbonyl (C=O) groups excluding carboxylic acids is 3. The number of hydrogen-bond acceptors (Lipinski definition) is 5. The summed E-state index contributed by atoms with van der Waals surface area (Å²) >= 11 is 0. The van der Waals surface area contributed by atoms with E-state index in [0.29, 0.717) is 13.0 Å². The second-order valence-electron chi connectivity index (χ2n) is 9.79. The Hall–Kier alpha value is -1.49. The third kappa shape index (κ3) is 2.50. The van der Waals surface area contributed by atoms with E-state index in [1.165, 1.54) is 6.92 Å². The number of hydrogen-bond donors (Lipinski definition) is 0. The van der Waals surface area contributed by atoms with E-state index in [-0.39, 0.29) is 46.3 Å². The third-order valence-corrected chi connectivity index (χ3v) is 7.82. The van der Waals surface area contributed by atoms with Crippen LogP contribution in [0.25, 0.3) is 0 Å². The fourth-order valence-corrected chi connectivity index (χ4v) is 6.66. The normalized spacial score (nSPS) is 43.6. The Balaban J connectivity index is 1.85. The Labute approximate surface area is 160 Å². The summed E-state index contributed by atoms with van der Waals surface area (Å²) in [6.45, 7) is 10.3. The van der Waals surface area contributed by atoms with Crippen LogP contribution in [0.3, 0.4) is 0 Å². The highest BCUT2D eigenvalue weighted by atomic mass is 16.5. The van der Waals surface area contributed by atoms with E-state index in [9.17, 15) is 14.4 Å². The SMILES string of the molecule is CC(=O)O[C@H]1C(=O)[C@@H]2[C@H]3OCC4=C3[C@@](C)(CCC4=O)CC[C@]2(C)[C@H]1C(C)C. The number of ketones is 2. The van der Waals surface area contributed by atoms with E-state index in [0.717, 1.165) is 30.4 Å². The van der Waals surface area contributed by atoms with Crippen LogP contribution in [-0.2, 0) is 23.9 Å². The number of rotatable bonds is 2. The molecule has 2 saturated carbocycles. The van der Waals surface area contributed by atoms with Crippen molar-refractivity contribution in [3.05, 3.63) is 11.1 Å². The van der Waals surface area contributed by atoms with Gasteiger partial charge in [0.15, 0.2) is 17.7 Å². The van der Waals surface area contributed by atoms with Crippen molar-refractivity contribution in [3.8, 4) is 0 Å². The predicted molar refractivity (Wildman–Crippen MR) is 98.8 cm³/mol. The molecule has 0 saturated heterocycles. The van der Waals surface area contributed by atoms with E-state index in [2.05, 4.69) is 27.7 Å². The van der Waals surface area contributed by atoms with Gasteiger partial charge in [-0.1, -0.05) is 27.7 Å². The molecule has 0 N–H and O–H groups in total. The number of Topliss-reactive ketones (excluding diaryl/α,β-unsaturated/α-hetero) is 2. The Morgan fingerprint density at radius 3 is 2.52 bits per heavy atom. The molecule has 5 heteroatoms. The Bertz CT molecular complexity index is 750. The molecule has 27 heavy (non-hydrogen) atoms. The summed E-state index contributed by atoms with van der Waals surface area (Å²) in [6, 6.07) is 0. The minimum absolute atomic E-state index is 0.0209. The van der Waals surface area contributed by atoms with E-state index < -0.39 is 12.1 Å². The molecule has 3 aliphatic carbocycles. The first-order valence-electron chi connectivity index (χ1n) is 10.2. The first kappa shape index (κ1) is 18.9. The maximum Gasteiger partial charge on any atom is 0.303 e. The smallest absolute Gasteiger partial charge is 0.303 e. The molecule has 0 radical (unpaired) electrons. The Morgan fingerprint density at radius 2 is 1.89 bits per heavy atom. The molecule has 0 aromatic carbocycles. The molecule has 0 spiro atoms. The number of esters is 1. The predicted octanol–water partition coefficient (Wildman–Crippen LogP) is 3.25. The first-order chi connectivity index (χ1) is 12.6. The molecule has 1 heterocycles. The van der Waals surface area contributed by atoms with Crippen LogP contribution in [0.5, 0.6) is 0 Å². The van der Waals surface area contributed by atoms with Crippen LogP contribution in [-0.4, -0.2) is 36.4 Å². The van der Waals surface area contributed by atoms with Gasteiger partial charge in [0.2, 0.25) is 0 Å². The van der Waals surface area contributed by atoms with E-state index in [4.69, 9.17) is 9.47 Å². The van der Waals surface area contributed by atoms with Crippen molar-refractivity contribution in [2.45, 2.75) is 72.5 Å². The fraction of sp³-hybridized carbons (Fsp3) is 0.773. The van der Waals surface area contributed by atoms with Crippen molar-refractivity contribution < 1.29 is 23.9 Å². The standard InChI is InChI=1S/C22H30O5/c1-11(2)15-20(27-12(3)23)18(25)17-19-16-13(10-26-19)14(24)6-7-21(16,4)8-9-22(15,17)5/h11,15,17,19-20H,6-10H2,1-5H3/t15-,17+,19-,20+,21-,22+/m0/s1. The molecule has 148 valence electrons. The van der Waals surface area contributed by atoms with Crippen LogP contribution >= 0.6 is 0 Å². The zero-order chi connectivity index (χ0) is 19.7. The van der Waals surface area contributed by atoms with Crippen molar-refractivity contribution in [2.24, 2.45) is 28.6 Å². The molecule has 4 rings (SSSR count). The fourth-order valence-electron chi connectivity index (χ4n) is 6.66. The molecule has 1 aliphatic heterocycles. The maximum atomic E-state index is 13.5. The van der Waals surface area contributed by atoms with Gasteiger partial charge in [0.05, 0.1) is 18.6 Å². The molecule has 0 aromatic rings. The van der Waals surface area contributed by atoms with Gasteiger partial charge in [-0.05, 0) is 41.6 Å². The maximum absolute atomic E-state index is 13.5. The summed E-state index contributed by atoms with van der Waals surface area (Å²) in [5.74, 6) is -0.439. The molecule has 6 atom stereocenters. The summed E-state index contributed by atoms with van der Waals surface area (Å²) in [5, 5.41) is 0. The minimum Gasteiger partial charge on any atom is -0.454 e. The van der Waals surface area contributed by atoms with Crippen LogP contribution < -0.4 is 0 Å². The van der Waals surface area contributed by atoms with Crippen molar-refractivity contribution in [2.75, 3.05) is 6.61 Å². The average Bonchev–Trinajstić information content (AvgIpc) is 3.06. The molecule has 0 aromatic heterocycles. The summed E-state index contributed by atoms with van der Waals surface area (Å²) < 4.78 is 11.7. The van der Waals surface area contributed by atoms with Crippen LogP contribution in [0.15, 0.2) is 11.1 Å². The van der Waals surface area contributed by atoms with E-state index in [1.54, 1.807) is 0 Å².